The molecule has 1 aliphatic carbocycles. The Labute approximate surface area is 156 Å². The van der Waals surface area contributed by atoms with Crippen LogP contribution in [-0.4, -0.2) is 46.6 Å². The Kier molecular flexibility index (Phi) is 5.62. The summed E-state index contributed by atoms with van der Waals surface area (Å²) in [6.07, 6.45) is -9.72. The lowest BCUT2D eigenvalue weighted by molar-refractivity contribution is -0.503. The van der Waals surface area contributed by atoms with Crippen LogP contribution in [0.5, 0.6) is 0 Å². The topological polar surface area (TPSA) is 55.8 Å². The molecule has 0 aromatic rings. The van der Waals surface area contributed by atoms with Gasteiger partial charge in [0.15, 0.2) is 0 Å². The van der Waals surface area contributed by atoms with Gasteiger partial charge in [-0.25, -0.2) is 4.79 Å². The van der Waals surface area contributed by atoms with Gasteiger partial charge in [0.1, 0.15) is 0 Å². The van der Waals surface area contributed by atoms with Gasteiger partial charge in [-0.1, -0.05) is 25.8 Å². The molecular formula is C17H21F7O4. The number of carbonyl (C=O) groups excluding carboxylic acids is 1. The van der Waals surface area contributed by atoms with Gasteiger partial charge in [-0.2, -0.15) is 30.7 Å². The molecule has 0 radical (unpaired) electrons. The third-order valence-electron chi connectivity index (χ3n) is 5.31. The highest BCUT2D eigenvalue weighted by Gasteiger charge is 2.87. The molecule has 1 saturated heterocycles. The minimum atomic E-state index is -5.84. The molecule has 1 N–H and O–H groups in total. The highest BCUT2D eigenvalue weighted by molar-refractivity contribution is 5.87. The quantitative estimate of drug-likeness (QED) is 0.417. The number of rotatable bonds is 3. The zero-order valence-corrected chi connectivity index (χ0v) is 15.2. The molecule has 1 heterocycles. The summed E-state index contributed by atoms with van der Waals surface area (Å²) < 4.78 is 110. The first-order valence-electron chi connectivity index (χ1n) is 8.63. The molecule has 3 unspecified atom stereocenters. The second-order valence-corrected chi connectivity index (χ2v) is 7.46. The van der Waals surface area contributed by atoms with Gasteiger partial charge in [-0.15, -0.1) is 0 Å². The predicted molar refractivity (Wildman–Crippen MR) is 81.7 cm³/mol. The summed E-state index contributed by atoms with van der Waals surface area (Å²) in [7, 11) is 0. The van der Waals surface area contributed by atoms with Gasteiger partial charge in [0.2, 0.25) is 17.5 Å². The van der Waals surface area contributed by atoms with E-state index in [0.29, 0.717) is 6.42 Å². The van der Waals surface area contributed by atoms with Gasteiger partial charge in [0, 0.05) is 11.5 Å². The highest BCUT2D eigenvalue weighted by atomic mass is 19.4. The molecule has 2 fully saturated rings. The van der Waals surface area contributed by atoms with Crippen molar-refractivity contribution in [3.05, 3.63) is 12.2 Å². The maximum atomic E-state index is 15.2. The van der Waals surface area contributed by atoms with Crippen LogP contribution in [0.3, 0.4) is 0 Å². The van der Waals surface area contributed by atoms with Crippen molar-refractivity contribution >= 4 is 5.97 Å². The number of ether oxygens (including phenoxy) is 2. The third-order valence-corrected chi connectivity index (χ3v) is 5.31. The van der Waals surface area contributed by atoms with Crippen LogP contribution < -0.4 is 0 Å². The minimum Gasteiger partial charge on any atom is -0.446 e. The summed E-state index contributed by atoms with van der Waals surface area (Å²) in [5.41, 5.74) is -5.03. The molecule has 162 valence electrons. The van der Waals surface area contributed by atoms with Crippen molar-refractivity contribution in [2.45, 2.75) is 81.5 Å². The number of aliphatic hydroxyl groups is 1. The molecular weight excluding hydrogens is 401 g/mol. The van der Waals surface area contributed by atoms with Crippen LogP contribution in [0.2, 0.25) is 0 Å². The number of hydrogen-bond donors (Lipinski definition) is 1. The molecule has 4 nitrogen and oxygen atoms in total. The molecule has 1 aliphatic heterocycles. The van der Waals surface area contributed by atoms with E-state index in [0.717, 1.165) is 6.92 Å². The molecule has 28 heavy (non-hydrogen) atoms. The summed E-state index contributed by atoms with van der Waals surface area (Å²) in [6, 6.07) is 0. The molecule has 1 saturated carbocycles. The van der Waals surface area contributed by atoms with Crippen LogP contribution in [0.15, 0.2) is 12.2 Å². The van der Waals surface area contributed by atoms with Gasteiger partial charge in [0.25, 0.3) is 0 Å². The first-order chi connectivity index (χ1) is 12.5. The van der Waals surface area contributed by atoms with E-state index < -0.39 is 53.0 Å². The Balaban J connectivity index is 2.71. The van der Waals surface area contributed by atoms with Crippen molar-refractivity contribution in [3.8, 4) is 0 Å². The number of halogens is 7. The number of carbonyl (C=O) groups is 1. The standard InChI is InChI=1S/C17H21F7O4/c1-9(2)11(25)27-12-15(18,19)13(3,26)28-14(16(12,20)21,17(22,23)24)10-7-5-4-6-8-10/h10,12,26H,1,4-8H2,2-3H3. The molecule has 0 spiro atoms. The molecule has 2 rings (SSSR count). The first kappa shape index (κ1) is 22.9. The normalized spacial score (nSPS) is 36.0. The SMILES string of the molecule is C=C(C)C(=O)OC1C(F)(F)C(C)(O)OC(C2CCCCC2)(C(F)(F)F)C1(F)F. The van der Waals surface area contributed by atoms with Gasteiger partial charge in [-0.05, 0) is 26.7 Å². The smallest absolute Gasteiger partial charge is 0.423 e. The second kappa shape index (κ2) is 6.86. The average molecular weight is 422 g/mol. The fourth-order valence-corrected chi connectivity index (χ4v) is 3.81. The molecule has 0 aromatic carbocycles. The second-order valence-electron chi connectivity index (χ2n) is 7.46. The average Bonchev–Trinajstić information content (AvgIpc) is 2.55. The molecule has 0 aromatic heterocycles. The van der Waals surface area contributed by atoms with Crippen molar-refractivity contribution in [3.63, 3.8) is 0 Å². The van der Waals surface area contributed by atoms with Crippen molar-refractivity contribution in [2.75, 3.05) is 0 Å². The molecule has 0 amide bonds. The maximum Gasteiger partial charge on any atom is 0.423 e. The number of hydrogen-bond acceptors (Lipinski definition) is 4. The maximum absolute atomic E-state index is 15.2. The highest BCUT2D eigenvalue weighted by Crippen LogP contribution is 2.62. The number of alkyl halides is 7. The lowest BCUT2D eigenvalue weighted by Gasteiger charge is -2.57. The lowest BCUT2D eigenvalue weighted by atomic mass is 9.68. The van der Waals surface area contributed by atoms with E-state index in [1.807, 2.05) is 0 Å². The zero-order chi connectivity index (χ0) is 21.8. The summed E-state index contributed by atoms with van der Waals surface area (Å²) in [6.45, 7) is 4.15. The molecule has 2 aliphatic rings. The largest absolute Gasteiger partial charge is 0.446 e. The summed E-state index contributed by atoms with van der Waals surface area (Å²) in [5.74, 6) is -18.0. The lowest BCUT2D eigenvalue weighted by Crippen LogP contribution is -2.81. The summed E-state index contributed by atoms with van der Waals surface area (Å²) in [4.78, 5) is 11.6. The van der Waals surface area contributed by atoms with E-state index in [-0.39, 0.29) is 32.6 Å². The minimum absolute atomic E-state index is 0.146. The van der Waals surface area contributed by atoms with Crippen molar-refractivity contribution in [2.24, 2.45) is 5.92 Å². The zero-order valence-electron chi connectivity index (χ0n) is 15.2. The van der Waals surface area contributed by atoms with Crippen LogP contribution in [0.1, 0.15) is 46.0 Å². The van der Waals surface area contributed by atoms with Crippen LogP contribution in [-0.2, 0) is 14.3 Å². The Morgan fingerprint density at radius 2 is 1.61 bits per heavy atom. The Hall–Kier alpha value is -1.36. The van der Waals surface area contributed by atoms with E-state index in [1.54, 1.807) is 0 Å². The van der Waals surface area contributed by atoms with Gasteiger partial charge in [0.05, 0.1) is 0 Å². The fourth-order valence-electron chi connectivity index (χ4n) is 3.81. The van der Waals surface area contributed by atoms with Gasteiger partial charge < -0.3 is 14.6 Å². The van der Waals surface area contributed by atoms with E-state index in [1.165, 1.54) is 0 Å². The summed E-state index contributed by atoms with van der Waals surface area (Å²) >= 11 is 0. The van der Waals surface area contributed by atoms with Crippen molar-refractivity contribution < 1.29 is 50.1 Å². The van der Waals surface area contributed by atoms with Crippen LogP contribution in [0, 0.1) is 5.92 Å². The van der Waals surface area contributed by atoms with Crippen LogP contribution >= 0.6 is 0 Å². The van der Waals surface area contributed by atoms with E-state index in [2.05, 4.69) is 16.1 Å². The predicted octanol–water partition coefficient (Wildman–Crippen LogP) is 4.37. The molecule has 3 atom stereocenters. The van der Waals surface area contributed by atoms with E-state index in [4.69, 9.17) is 0 Å². The monoisotopic (exact) mass is 422 g/mol. The fraction of sp³-hybridized carbons (Fsp3) is 0.824. The first-order valence-corrected chi connectivity index (χ1v) is 8.63. The Morgan fingerprint density at radius 1 is 1.11 bits per heavy atom. The number of esters is 1. The molecule has 0 bridgehead atoms. The van der Waals surface area contributed by atoms with Gasteiger partial charge in [-0.3, -0.25) is 0 Å². The Bertz CT molecular complexity index is 638. The van der Waals surface area contributed by atoms with Crippen LogP contribution in [0.25, 0.3) is 0 Å². The summed E-state index contributed by atoms with van der Waals surface area (Å²) in [5, 5.41) is 9.97. The van der Waals surface area contributed by atoms with Crippen molar-refractivity contribution in [1.29, 1.82) is 0 Å². The Morgan fingerprint density at radius 3 is 2.04 bits per heavy atom. The van der Waals surface area contributed by atoms with E-state index in [9.17, 15) is 31.9 Å². The van der Waals surface area contributed by atoms with Gasteiger partial charge >= 0.3 is 24.0 Å². The van der Waals surface area contributed by atoms with Crippen LogP contribution in [0.4, 0.5) is 30.7 Å². The van der Waals surface area contributed by atoms with Crippen molar-refractivity contribution in [1.82, 2.24) is 0 Å². The third kappa shape index (κ3) is 3.20. The van der Waals surface area contributed by atoms with E-state index >= 15 is 8.78 Å². The molecule has 11 heteroatoms.